The van der Waals surface area contributed by atoms with Gasteiger partial charge in [-0.1, -0.05) is 5.16 Å². The van der Waals surface area contributed by atoms with Crippen LogP contribution in [0.2, 0.25) is 0 Å². The lowest BCUT2D eigenvalue weighted by molar-refractivity contribution is -0.175. The molecule has 3 atom stereocenters. The predicted octanol–water partition coefficient (Wildman–Crippen LogP) is -0.695. The number of nitrogens with two attached hydrogens (primary N) is 2. The smallest absolute Gasteiger partial charge is 0.357 e. The molecule has 42 heavy (non-hydrogen) atoms. The average molecular weight is 645 g/mol. The molecule has 19 heteroatoms. The number of β-lactam (4-membered cyclic amide) rings is 2. The molecule has 0 spiro atoms. The molecule has 1 aromatic rings. The minimum Gasteiger partial charge on any atom is -0.426 e. The van der Waals surface area contributed by atoms with Crippen LogP contribution in [0.1, 0.15) is 39.3 Å². The van der Waals surface area contributed by atoms with Crippen molar-refractivity contribution in [2.24, 2.45) is 10.9 Å². The first-order valence-electron chi connectivity index (χ1n) is 12.3. The summed E-state index contributed by atoms with van der Waals surface area (Å²) < 4.78 is 33.6. The summed E-state index contributed by atoms with van der Waals surface area (Å²) in [6, 6.07) is -1.30. The van der Waals surface area contributed by atoms with Gasteiger partial charge in [-0.15, -0.1) is 23.1 Å². The number of nitrogen functional groups attached to an aromatic ring is 1. The van der Waals surface area contributed by atoms with Crippen LogP contribution in [0.5, 0.6) is 0 Å². The molecular weight excluding hydrogens is 616 g/mol. The first-order valence-corrected chi connectivity index (χ1v) is 15.7. The van der Waals surface area contributed by atoms with E-state index in [4.69, 9.17) is 20.9 Å². The molecule has 4 aliphatic heterocycles. The number of hydrogen-bond acceptors (Lipinski definition) is 15. The highest BCUT2D eigenvalue weighted by Gasteiger charge is 2.68. The van der Waals surface area contributed by atoms with Crippen LogP contribution in [0.25, 0.3) is 0 Å². The summed E-state index contributed by atoms with van der Waals surface area (Å²) >= 11 is 2.76. The van der Waals surface area contributed by atoms with Crippen molar-refractivity contribution in [2.45, 2.75) is 55.1 Å². The number of carbonyl (C=O) groups is 5. The highest BCUT2D eigenvalue weighted by Crippen LogP contribution is 2.46. The molecule has 16 nitrogen and oxygen atoms in total. The second-order valence-corrected chi connectivity index (χ2v) is 14.7. The Balaban J connectivity index is 0.000000262. The maximum absolute atomic E-state index is 12.5. The van der Waals surface area contributed by atoms with Gasteiger partial charge in [0.1, 0.15) is 29.9 Å². The minimum atomic E-state index is -3.73. The van der Waals surface area contributed by atoms with E-state index in [1.165, 1.54) is 37.2 Å². The van der Waals surface area contributed by atoms with Crippen molar-refractivity contribution in [3.63, 3.8) is 0 Å². The summed E-state index contributed by atoms with van der Waals surface area (Å²) in [7, 11) is -2.41. The van der Waals surface area contributed by atoms with Gasteiger partial charge in [-0.3, -0.25) is 19.3 Å². The molecule has 0 bridgehead atoms. The second kappa shape index (κ2) is 11.5. The highest BCUT2D eigenvalue weighted by molar-refractivity contribution is 8.00. The summed E-state index contributed by atoms with van der Waals surface area (Å²) in [5.74, 6) is -2.47. The first-order chi connectivity index (χ1) is 19.6. The van der Waals surface area contributed by atoms with Gasteiger partial charge < -0.3 is 30.7 Å². The number of sulfone groups is 1. The third kappa shape index (κ3) is 5.31. The SMILES string of the molecule is CC1=C(C(=O)OCOC(=O)C2N3C(=O)CC3S(=O)(=O)C2(C)C)N2C(=O)CC2SC1.CO/N=C(\C(N)=O)c1csc(N)n1. The number of nitrogens with zero attached hydrogens (tertiary/aromatic N) is 4. The Labute approximate surface area is 248 Å². The number of aromatic nitrogens is 1. The summed E-state index contributed by atoms with van der Waals surface area (Å²) in [5.41, 5.74) is 11.6. The molecule has 3 saturated heterocycles. The monoisotopic (exact) mass is 644 g/mol. The molecule has 0 saturated carbocycles. The normalized spacial score (nSPS) is 25.2. The molecule has 3 amide bonds. The van der Waals surface area contributed by atoms with E-state index in [2.05, 4.69) is 15.0 Å². The Hall–Kier alpha value is -3.71. The van der Waals surface area contributed by atoms with Crippen molar-refractivity contribution < 1.29 is 46.7 Å². The highest BCUT2D eigenvalue weighted by atomic mass is 32.2. The van der Waals surface area contributed by atoms with Crippen LogP contribution in [0.3, 0.4) is 0 Å². The summed E-state index contributed by atoms with van der Waals surface area (Å²) in [5, 5.41) is 4.26. The number of thiazole rings is 1. The van der Waals surface area contributed by atoms with E-state index in [0.717, 1.165) is 4.90 Å². The average Bonchev–Trinajstić information content (AvgIpc) is 3.38. The van der Waals surface area contributed by atoms with Crippen LogP contribution in [-0.4, -0.2) is 99.8 Å². The number of thioether (sulfide) groups is 1. The van der Waals surface area contributed by atoms with Gasteiger partial charge in [-0.2, -0.15) is 0 Å². The van der Waals surface area contributed by atoms with Gasteiger partial charge in [0.15, 0.2) is 20.7 Å². The van der Waals surface area contributed by atoms with Crippen LogP contribution >= 0.6 is 23.1 Å². The van der Waals surface area contributed by atoms with Gasteiger partial charge in [0, 0.05) is 11.1 Å². The Morgan fingerprint density at radius 1 is 1.19 bits per heavy atom. The molecule has 4 aliphatic rings. The largest absolute Gasteiger partial charge is 0.426 e. The van der Waals surface area contributed by atoms with Crippen molar-refractivity contribution in [3.8, 4) is 0 Å². The number of hydrogen-bond donors (Lipinski definition) is 2. The van der Waals surface area contributed by atoms with Gasteiger partial charge in [0.25, 0.3) is 5.91 Å². The quantitative estimate of drug-likeness (QED) is 0.123. The van der Waals surface area contributed by atoms with E-state index < -0.39 is 56.5 Å². The third-order valence-electron chi connectivity index (χ3n) is 7.01. The van der Waals surface area contributed by atoms with Crippen LogP contribution in [-0.2, 0) is 48.1 Å². The van der Waals surface area contributed by atoms with E-state index in [1.807, 2.05) is 0 Å². The lowest BCUT2D eigenvalue weighted by atomic mass is 9.98. The standard InChI is InChI=1S/C17H20N2O8S2.C6H8N4O2S/c1-8-6-28-11-4-9(20)18(11)13(8)15(22)26-7-27-16(23)14-17(2,3)29(24,25)12-5-10(21)19(12)14;1-12-10-4(5(7)11)3-2-13-6(8)9-3/h11-12,14H,4-7H2,1-3H3;2H,1H3,(H2,7,11)(H2,8,9)/b;10-4-. The van der Waals surface area contributed by atoms with Gasteiger partial charge in [-0.05, 0) is 26.3 Å². The van der Waals surface area contributed by atoms with Crippen molar-refractivity contribution >= 4 is 73.4 Å². The van der Waals surface area contributed by atoms with E-state index in [9.17, 15) is 32.4 Å². The molecular formula is C23H28N6O10S3. The van der Waals surface area contributed by atoms with Crippen molar-refractivity contribution in [3.05, 3.63) is 22.3 Å². The molecule has 3 fully saturated rings. The topological polar surface area (TPSA) is 231 Å². The van der Waals surface area contributed by atoms with E-state index in [-0.39, 0.29) is 29.1 Å². The number of primary amides is 1. The number of anilines is 1. The van der Waals surface area contributed by atoms with Crippen molar-refractivity contribution in [2.75, 3.05) is 25.4 Å². The number of carbonyl (C=O) groups excluding carboxylic acids is 5. The lowest BCUT2D eigenvalue weighted by Gasteiger charge is -2.43. The molecule has 228 valence electrons. The molecule has 0 aliphatic carbocycles. The van der Waals surface area contributed by atoms with Crippen molar-refractivity contribution in [1.29, 1.82) is 0 Å². The van der Waals surface area contributed by atoms with E-state index in [0.29, 0.717) is 28.6 Å². The summed E-state index contributed by atoms with van der Waals surface area (Å²) in [6.45, 7) is 3.72. The van der Waals surface area contributed by atoms with Gasteiger partial charge >= 0.3 is 11.9 Å². The van der Waals surface area contributed by atoms with Gasteiger partial charge in [0.05, 0.1) is 23.0 Å². The lowest BCUT2D eigenvalue weighted by Crippen LogP contribution is -2.57. The summed E-state index contributed by atoms with van der Waals surface area (Å²) in [4.78, 5) is 70.1. The number of oxime groups is 1. The number of rotatable bonds is 7. The molecule has 5 rings (SSSR count). The Kier molecular flexibility index (Phi) is 8.57. The van der Waals surface area contributed by atoms with Crippen molar-refractivity contribution in [1.82, 2.24) is 14.8 Å². The molecule has 1 aromatic heterocycles. The summed E-state index contributed by atoms with van der Waals surface area (Å²) in [6.07, 6.45) is 0.209. The third-order valence-corrected chi connectivity index (χ3v) is 11.8. The van der Waals surface area contributed by atoms with Gasteiger partial charge in [-0.25, -0.2) is 23.0 Å². The molecule has 3 unspecified atom stereocenters. The molecule has 5 heterocycles. The zero-order chi connectivity index (χ0) is 31.1. The maximum atomic E-state index is 12.5. The second-order valence-electron chi connectivity index (χ2n) is 9.94. The molecule has 0 radical (unpaired) electrons. The fraction of sp³-hybridized carbons (Fsp3) is 0.522. The van der Waals surface area contributed by atoms with E-state index >= 15 is 0 Å². The Morgan fingerprint density at radius 3 is 2.43 bits per heavy atom. The molecule has 4 N–H and O–H groups in total. The zero-order valence-electron chi connectivity index (χ0n) is 22.9. The van der Waals surface area contributed by atoms with Crippen LogP contribution in [0, 0.1) is 0 Å². The Bertz CT molecular complexity index is 1520. The number of fused-ring (bicyclic) bond motifs is 2. The van der Waals surface area contributed by atoms with Crippen LogP contribution in [0.4, 0.5) is 5.13 Å². The first kappa shape index (κ1) is 31.2. The zero-order valence-corrected chi connectivity index (χ0v) is 25.3. The predicted molar refractivity (Wildman–Crippen MR) is 149 cm³/mol. The van der Waals surface area contributed by atoms with E-state index in [1.54, 1.807) is 24.1 Å². The maximum Gasteiger partial charge on any atom is 0.357 e. The fourth-order valence-corrected chi connectivity index (χ4v) is 8.64. The number of amides is 3. The fourth-order valence-electron chi connectivity index (χ4n) is 4.76. The minimum absolute atomic E-state index is 0.0320. The van der Waals surface area contributed by atoms with Gasteiger partial charge in [0.2, 0.25) is 18.6 Å². The van der Waals surface area contributed by atoms with Crippen LogP contribution in [0.15, 0.2) is 21.8 Å². The number of ether oxygens (including phenoxy) is 2. The van der Waals surface area contributed by atoms with Crippen LogP contribution < -0.4 is 11.5 Å². The number of esters is 2. The molecule has 0 aromatic carbocycles. The Morgan fingerprint density at radius 2 is 1.88 bits per heavy atom.